The monoisotopic (exact) mass is 402 g/mol. The van der Waals surface area contributed by atoms with Crippen molar-refractivity contribution in [1.29, 1.82) is 0 Å². The zero-order valence-electron chi connectivity index (χ0n) is 18.7. The summed E-state index contributed by atoms with van der Waals surface area (Å²) in [5.41, 5.74) is 3.67. The minimum atomic E-state index is -0.613. The average Bonchev–Trinajstić information content (AvgIpc) is 3.01. The van der Waals surface area contributed by atoms with Gasteiger partial charge in [-0.3, -0.25) is 0 Å². The first kappa shape index (κ1) is 22.8. The Morgan fingerprint density at radius 1 is 1.10 bits per heavy atom. The number of fused-ring (bicyclic) bond motifs is 1. The Kier molecular flexibility index (Phi) is 7.46. The summed E-state index contributed by atoms with van der Waals surface area (Å²) in [6, 6.07) is 0. The third-order valence-corrected chi connectivity index (χ3v) is 8.31. The van der Waals surface area contributed by atoms with Crippen molar-refractivity contribution in [2.45, 2.75) is 103 Å². The van der Waals surface area contributed by atoms with Gasteiger partial charge in [0.2, 0.25) is 0 Å². The largest absolute Gasteiger partial charge is 0.393 e. The lowest BCUT2D eigenvalue weighted by Crippen LogP contribution is -2.36. The Morgan fingerprint density at radius 3 is 2.45 bits per heavy atom. The van der Waals surface area contributed by atoms with Gasteiger partial charge >= 0.3 is 0 Å². The molecule has 3 saturated carbocycles. The second-order valence-corrected chi connectivity index (χ2v) is 10.4. The van der Waals surface area contributed by atoms with Crippen molar-refractivity contribution >= 4 is 0 Å². The summed E-state index contributed by atoms with van der Waals surface area (Å²) in [7, 11) is 0. The normalized spacial score (nSPS) is 38.8. The summed E-state index contributed by atoms with van der Waals surface area (Å²) >= 11 is 0. The van der Waals surface area contributed by atoms with Crippen LogP contribution in [-0.4, -0.2) is 33.6 Å². The van der Waals surface area contributed by atoms with Gasteiger partial charge in [0.15, 0.2) is 0 Å². The summed E-state index contributed by atoms with van der Waals surface area (Å²) in [6.07, 6.45) is 14.0. The van der Waals surface area contributed by atoms with Crippen LogP contribution in [0.25, 0.3) is 0 Å². The van der Waals surface area contributed by atoms with Gasteiger partial charge in [-0.15, -0.1) is 0 Å². The smallest absolute Gasteiger partial charge is 0.0809 e. The molecule has 0 heterocycles. The fourth-order valence-corrected chi connectivity index (χ4v) is 6.58. The van der Waals surface area contributed by atoms with E-state index in [0.717, 1.165) is 30.3 Å². The number of hydrogen-bond acceptors (Lipinski definition) is 3. The predicted molar refractivity (Wildman–Crippen MR) is 119 cm³/mol. The van der Waals surface area contributed by atoms with E-state index in [-0.39, 0.29) is 6.10 Å². The predicted octanol–water partition coefficient (Wildman–Crippen LogP) is 5.31. The average molecular weight is 403 g/mol. The molecule has 0 spiro atoms. The zero-order chi connectivity index (χ0) is 21.2. The van der Waals surface area contributed by atoms with Crippen molar-refractivity contribution in [3.8, 4) is 0 Å². The number of allylic oxidation sites excluding steroid dienone is 3. The Labute approximate surface area is 177 Å². The lowest BCUT2D eigenvalue weighted by molar-refractivity contribution is 0.0907. The van der Waals surface area contributed by atoms with Crippen LogP contribution < -0.4 is 0 Å². The fourth-order valence-electron chi connectivity index (χ4n) is 6.58. The highest BCUT2D eigenvalue weighted by Crippen LogP contribution is 2.59. The van der Waals surface area contributed by atoms with E-state index in [2.05, 4.69) is 32.6 Å². The third kappa shape index (κ3) is 5.06. The molecule has 7 atom stereocenters. The van der Waals surface area contributed by atoms with E-state index in [1.807, 2.05) is 6.92 Å². The first-order valence-corrected chi connectivity index (χ1v) is 11.8. The van der Waals surface area contributed by atoms with Gasteiger partial charge in [0, 0.05) is 0 Å². The molecule has 3 N–H and O–H groups in total. The van der Waals surface area contributed by atoms with Crippen LogP contribution in [0.4, 0.5) is 0 Å². The summed E-state index contributed by atoms with van der Waals surface area (Å²) in [6.45, 7) is 10.7. The molecule has 3 aliphatic rings. The van der Waals surface area contributed by atoms with E-state index in [9.17, 15) is 15.3 Å². The first-order valence-electron chi connectivity index (χ1n) is 11.8. The summed E-state index contributed by atoms with van der Waals surface area (Å²) < 4.78 is 0. The SMILES string of the molecule is C=C1[C@H](O)CC(=C/C=C2\CCC[C@]3(C)[C@@H]([C@H](C)CCC[C@H](C)O)CC[C@@H]23)C[C@H]1O. The van der Waals surface area contributed by atoms with Crippen molar-refractivity contribution in [2.24, 2.45) is 23.2 Å². The van der Waals surface area contributed by atoms with E-state index < -0.39 is 12.2 Å². The topological polar surface area (TPSA) is 60.7 Å². The standard InChI is InChI=1S/C26H42O3/c1-17(7-5-8-18(2)27)22-12-13-23-21(9-6-14-26(22,23)4)11-10-20-15-24(28)19(3)25(29)16-20/h10-11,17-18,22-25,27-29H,3,5-9,12-16H2,1-2,4H3/b21-11+/t17-,18+,22-,23+,24-,25-,26-/m1/s1. The second-order valence-electron chi connectivity index (χ2n) is 10.4. The molecule has 0 unspecified atom stereocenters. The molecule has 0 saturated heterocycles. The Balaban J connectivity index is 1.68. The number of aliphatic hydroxyl groups excluding tert-OH is 3. The van der Waals surface area contributed by atoms with Crippen molar-refractivity contribution < 1.29 is 15.3 Å². The molecule has 0 aliphatic heterocycles. The van der Waals surface area contributed by atoms with Gasteiger partial charge in [-0.2, -0.15) is 0 Å². The van der Waals surface area contributed by atoms with Crippen molar-refractivity contribution in [2.75, 3.05) is 0 Å². The molecule has 0 amide bonds. The Hall–Kier alpha value is -0.900. The van der Waals surface area contributed by atoms with Crippen LogP contribution in [0.1, 0.15) is 85.0 Å². The molecule has 3 rings (SSSR count). The van der Waals surface area contributed by atoms with Crippen molar-refractivity contribution in [1.82, 2.24) is 0 Å². The molecule has 0 bridgehead atoms. The summed E-state index contributed by atoms with van der Waals surface area (Å²) in [4.78, 5) is 0. The van der Waals surface area contributed by atoms with Gasteiger partial charge in [-0.1, -0.05) is 56.6 Å². The highest BCUT2D eigenvalue weighted by molar-refractivity contribution is 5.29. The lowest BCUT2D eigenvalue weighted by Gasteiger charge is -2.44. The Morgan fingerprint density at radius 2 is 1.79 bits per heavy atom. The van der Waals surface area contributed by atoms with Crippen LogP contribution in [0.2, 0.25) is 0 Å². The van der Waals surface area contributed by atoms with Crippen LogP contribution in [0.3, 0.4) is 0 Å². The van der Waals surface area contributed by atoms with Crippen molar-refractivity contribution in [3.05, 3.63) is 35.5 Å². The molecular weight excluding hydrogens is 360 g/mol. The van der Waals surface area contributed by atoms with Crippen LogP contribution in [0.5, 0.6) is 0 Å². The lowest BCUT2D eigenvalue weighted by atomic mass is 9.60. The van der Waals surface area contributed by atoms with Gasteiger partial charge in [-0.05, 0) is 87.0 Å². The molecule has 3 nitrogen and oxygen atoms in total. The van der Waals surface area contributed by atoms with Crippen molar-refractivity contribution in [3.63, 3.8) is 0 Å². The van der Waals surface area contributed by atoms with Gasteiger partial charge in [0.05, 0.1) is 18.3 Å². The van der Waals surface area contributed by atoms with Crippen LogP contribution in [0, 0.1) is 23.2 Å². The molecule has 3 fully saturated rings. The zero-order valence-corrected chi connectivity index (χ0v) is 18.7. The number of hydrogen-bond donors (Lipinski definition) is 3. The van der Waals surface area contributed by atoms with Crippen LogP contribution >= 0.6 is 0 Å². The van der Waals surface area contributed by atoms with Crippen LogP contribution in [-0.2, 0) is 0 Å². The molecule has 0 aromatic carbocycles. The number of aliphatic hydroxyl groups is 3. The maximum atomic E-state index is 10.1. The summed E-state index contributed by atoms with van der Waals surface area (Å²) in [5, 5.41) is 29.8. The van der Waals surface area contributed by atoms with E-state index in [1.165, 1.54) is 38.5 Å². The molecular formula is C26H42O3. The number of rotatable bonds is 6. The Bertz CT molecular complexity index is 630. The van der Waals surface area contributed by atoms with E-state index in [4.69, 9.17) is 0 Å². The van der Waals surface area contributed by atoms with Gasteiger partial charge < -0.3 is 15.3 Å². The highest BCUT2D eigenvalue weighted by Gasteiger charge is 2.50. The quantitative estimate of drug-likeness (QED) is 0.527. The fraction of sp³-hybridized carbons (Fsp3) is 0.769. The van der Waals surface area contributed by atoms with E-state index in [1.54, 1.807) is 5.57 Å². The molecule has 164 valence electrons. The minimum absolute atomic E-state index is 0.180. The van der Waals surface area contributed by atoms with Crippen LogP contribution in [0.15, 0.2) is 35.5 Å². The first-order chi connectivity index (χ1) is 13.7. The summed E-state index contributed by atoms with van der Waals surface area (Å²) in [5.74, 6) is 2.17. The maximum absolute atomic E-state index is 10.1. The second kappa shape index (κ2) is 9.49. The molecule has 3 aliphatic carbocycles. The maximum Gasteiger partial charge on any atom is 0.0809 e. The van der Waals surface area contributed by atoms with Gasteiger partial charge in [0.25, 0.3) is 0 Å². The van der Waals surface area contributed by atoms with Gasteiger partial charge in [-0.25, -0.2) is 0 Å². The minimum Gasteiger partial charge on any atom is -0.393 e. The van der Waals surface area contributed by atoms with Gasteiger partial charge in [0.1, 0.15) is 0 Å². The molecule has 0 aromatic heterocycles. The molecule has 0 radical (unpaired) electrons. The molecule has 29 heavy (non-hydrogen) atoms. The highest BCUT2D eigenvalue weighted by atomic mass is 16.3. The van der Waals surface area contributed by atoms with E-state index >= 15 is 0 Å². The molecule has 3 heteroatoms. The van der Waals surface area contributed by atoms with E-state index in [0.29, 0.717) is 29.7 Å². The third-order valence-electron chi connectivity index (χ3n) is 8.31. The molecule has 0 aromatic rings.